The molecular formula is C22H32Cl2FNO2Si. The van der Waals surface area contributed by atoms with Crippen molar-refractivity contribution in [3.05, 3.63) is 63.4 Å². The summed E-state index contributed by atoms with van der Waals surface area (Å²) in [6.07, 6.45) is -0.855. The maximum absolute atomic E-state index is 12.8. The molecule has 0 aromatic heterocycles. The second-order valence-corrected chi connectivity index (χ2v) is 11.9. The van der Waals surface area contributed by atoms with Gasteiger partial charge < -0.3 is 15.2 Å². The van der Waals surface area contributed by atoms with Crippen LogP contribution in [-0.4, -0.2) is 27.6 Å². The van der Waals surface area contributed by atoms with Gasteiger partial charge in [-0.1, -0.05) is 74.2 Å². The minimum absolute atomic E-state index is 0.171. The van der Waals surface area contributed by atoms with Crippen molar-refractivity contribution in [1.29, 1.82) is 0 Å². The van der Waals surface area contributed by atoms with Gasteiger partial charge in [0.05, 0.1) is 23.3 Å². The van der Waals surface area contributed by atoms with Crippen molar-refractivity contribution in [3.8, 4) is 5.75 Å². The third-order valence-corrected chi connectivity index (χ3v) is 9.02. The molecule has 2 aromatic rings. The van der Waals surface area contributed by atoms with Crippen LogP contribution < -0.4 is 10.1 Å². The molecule has 0 amide bonds. The molecule has 2 rings (SSSR count). The molecule has 1 unspecified atom stereocenters. The van der Waals surface area contributed by atoms with E-state index in [0.717, 1.165) is 5.56 Å². The fraction of sp³-hybridized carbons (Fsp3) is 0.455. The first-order valence-electron chi connectivity index (χ1n) is 10.0. The lowest BCUT2D eigenvalue weighted by molar-refractivity contribution is 0.174. The molecule has 7 heteroatoms. The number of nitrogens with one attached hydrogen (secondary N) is 1. The predicted molar refractivity (Wildman–Crippen MR) is 125 cm³/mol. The molecule has 0 radical (unpaired) electrons. The van der Waals surface area contributed by atoms with Gasteiger partial charge in [-0.2, -0.15) is 0 Å². The first kappa shape index (κ1) is 25.9. The lowest BCUT2D eigenvalue weighted by Gasteiger charge is -2.16. The predicted octanol–water partition coefficient (Wildman–Crippen LogP) is 6.24. The summed E-state index contributed by atoms with van der Waals surface area (Å²) in [7, 11) is 1.34. The summed E-state index contributed by atoms with van der Waals surface area (Å²) in [5.74, 6) is 0.255. The molecule has 0 saturated heterocycles. The van der Waals surface area contributed by atoms with Crippen LogP contribution in [0.3, 0.4) is 0 Å². The van der Waals surface area contributed by atoms with Gasteiger partial charge in [0.1, 0.15) is 11.6 Å². The van der Waals surface area contributed by atoms with Crippen LogP contribution in [0.5, 0.6) is 5.75 Å². The Hall–Kier alpha value is -1.11. The van der Waals surface area contributed by atoms with Crippen molar-refractivity contribution in [3.63, 3.8) is 0 Å². The molecule has 0 heterocycles. The zero-order valence-electron chi connectivity index (χ0n) is 17.6. The molecule has 29 heavy (non-hydrogen) atoms. The number of ether oxygens (including phenoxy) is 1. The van der Waals surface area contributed by atoms with E-state index in [2.05, 4.69) is 26.1 Å². The first-order chi connectivity index (χ1) is 13.9. The largest absolute Gasteiger partial charge is 0.497 e. The first-order valence-corrected chi connectivity index (χ1v) is 13.2. The number of aliphatic hydroxyl groups excluding tert-OH is 1. The van der Waals surface area contributed by atoms with Gasteiger partial charge in [-0.25, -0.2) is 4.39 Å². The van der Waals surface area contributed by atoms with Crippen molar-refractivity contribution in [2.24, 2.45) is 0 Å². The molecule has 2 N–H and O–H groups in total. The van der Waals surface area contributed by atoms with E-state index in [9.17, 15) is 9.50 Å². The van der Waals surface area contributed by atoms with E-state index < -0.39 is 6.10 Å². The average Bonchev–Trinajstić information content (AvgIpc) is 2.70. The molecule has 0 fully saturated rings. The highest BCUT2D eigenvalue weighted by molar-refractivity contribution is 6.58. The number of benzene rings is 2. The Balaban J connectivity index is 0.000000516. The van der Waals surface area contributed by atoms with Crippen LogP contribution in [0.15, 0.2) is 36.4 Å². The van der Waals surface area contributed by atoms with E-state index in [1.165, 1.54) is 37.4 Å². The SMILES string of the molecule is CC[SiH](CC)CC.COc1cc(Cl)c(C(O)CNCc2ccc(F)cc2)c(Cl)c1. The molecule has 0 bridgehead atoms. The molecule has 3 nitrogen and oxygen atoms in total. The number of hydrogen-bond acceptors (Lipinski definition) is 3. The van der Waals surface area contributed by atoms with Crippen LogP contribution in [0.25, 0.3) is 0 Å². The van der Waals surface area contributed by atoms with E-state index in [1.54, 1.807) is 24.3 Å². The highest BCUT2D eigenvalue weighted by Crippen LogP contribution is 2.34. The molecule has 2 aromatic carbocycles. The second-order valence-electron chi connectivity index (χ2n) is 6.87. The van der Waals surface area contributed by atoms with Crippen molar-refractivity contribution in [1.82, 2.24) is 5.32 Å². The number of methoxy groups -OCH3 is 1. The highest BCUT2D eigenvalue weighted by Gasteiger charge is 2.17. The molecule has 0 aliphatic rings. The summed E-state index contributed by atoms with van der Waals surface area (Å²) in [6, 6.07) is 13.8. The van der Waals surface area contributed by atoms with Crippen LogP contribution in [0.2, 0.25) is 28.2 Å². The molecule has 0 aliphatic carbocycles. The zero-order valence-corrected chi connectivity index (χ0v) is 20.3. The van der Waals surface area contributed by atoms with Gasteiger partial charge in [-0.05, 0) is 29.8 Å². The Bertz CT molecular complexity index is 699. The van der Waals surface area contributed by atoms with Gasteiger partial charge >= 0.3 is 0 Å². The fourth-order valence-corrected chi connectivity index (χ4v) is 5.37. The molecule has 0 saturated carbocycles. The van der Waals surface area contributed by atoms with Crippen LogP contribution in [0.4, 0.5) is 4.39 Å². The number of rotatable bonds is 9. The summed E-state index contributed by atoms with van der Waals surface area (Å²) in [6.45, 7) is 7.74. The van der Waals surface area contributed by atoms with Gasteiger partial charge in [0.15, 0.2) is 0 Å². The van der Waals surface area contributed by atoms with Crippen LogP contribution in [0.1, 0.15) is 38.0 Å². The molecular weight excluding hydrogens is 428 g/mol. The van der Waals surface area contributed by atoms with E-state index in [1.807, 2.05) is 0 Å². The zero-order chi connectivity index (χ0) is 21.8. The van der Waals surface area contributed by atoms with Crippen molar-refractivity contribution in [2.75, 3.05) is 13.7 Å². The smallest absolute Gasteiger partial charge is 0.123 e. The summed E-state index contributed by atoms with van der Waals surface area (Å²) < 4.78 is 17.9. The summed E-state index contributed by atoms with van der Waals surface area (Å²) >= 11 is 12.3. The lowest BCUT2D eigenvalue weighted by Crippen LogP contribution is -2.21. The Labute approximate surface area is 185 Å². The van der Waals surface area contributed by atoms with Crippen LogP contribution in [0, 0.1) is 5.82 Å². The van der Waals surface area contributed by atoms with Gasteiger partial charge in [-0.15, -0.1) is 0 Å². The standard InChI is InChI=1S/C16H16Cl2FNO2.C6H16Si/c1-22-12-6-13(17)16(14(18)7-12)15(21)9-20-8-10-2-4-11(19)5-3-10;1-4-7(5-2)6-3/h2-7,15,20-21H,8-9H2,1H3;7H,4-6H2,1-3H3. The van der Waals surface area contributed by atoms with Gasteiger partial charge in [0.2, 0.25) is 0 Å². The quantitative estimate of drug-likeness (QED) is 0.436. The summed E-state index contributed by atoms with van der Waals surface area (Å²) in [5.41, 5.74) is 1.37. The van der Waals surface area contributed by atoms with E-state index in [0.29, 0.717) is 27.9 Å². The minimum Gasteiger partial charge on any atom is -0.497 e. The maximum Gasteiger partial charge on any atom is 0.123 e. The maximum atomic E-state index is 12.8. The highest BCUT2D eigenvalue weighted by atomic mass is 35.5. The Kier molecular flexibility index (Phi) is 12.5. The normalized spacial score (nSPS) is 11.8. The molecule has 0 aliphatic heterocycles. The van der Waals surface area contributed by atoms with E-state index in [-0.39, 0.29) is 21.2 Å². The lowest BCUT2D eigenvalue weighted by atomic mass is 10.1. The fourth-order valence-electron chi connectivity index (χ4n) is 2.92. The topological polar surface area (TPSA) is 41.5 Å². The summed E-state index contributed by atoms with van der Waals surface area (Å²) in [5, 5.41) is 14.0. The van der Waals surface area contributed by atoms with E-state index >= 15 is 0 Å². The molecule has 1 atom stereocenters. The van der Waals surface area contributed by atoms with Gasteiger partial charge in [0.25, 0.3) is 0 Å². The third-order valence-electron chi connectivity index (χ3n) is 4.93. The Morgan fingerprint density at radius 1 is 1.03 bits per heavy atom. The average molecular weight is 460 g/mol. The molecule has 162 valence electrons. The number of hydrogen-bond donors (Lipinski definition) is 2. The van der Waals surface area contributed by atoms with Crippen LogP contribution in [-0.2, 0) is 6.54 Å². The number of aliphatic hydroxyl groups is 1. The second kappa shape index (κ2) is 14.0. The van der Waals surface area contributed by atoms with Gasteiger partial charge in [-0.3, -0.25) is 0 Å². The van der Waals surface area contributed by atoms with Crippen molar-refractivity contribution in [2.45, 2.75) is 51.6 Å². The van der Waals surface area contributed by atoms with Crippen LogP contribution >= 0.6 is 23.2 Å². The summed E-state index contributed by atoms with van der Waals surface area (Å²) in [4.78, 5) is 0. The third kappa shape index (κ3) is 9.05. The van der Waals surface area contributed by atoms with E-state index in [4.69, 9.17) is 27.9 Å². The number of halogens is 3. The van der Waals surface area contributed by atoms with Crippen molar-refractivity contribution < 1.29 is 14.2 Å². The Morgan fingerprint density at radius 3 is 1.97 bits per heavy atom. The monoisotopic (exact) mass is 459 g/mol. The molecule has 0 spiro atoms. The van der Waals surface area contributed by atoms with Gasteiger partial charge in [0, 0.05) is 27.4 Å². The van der Waals surface area contributed by atoms with Crippen molar-refractivity contribution >= 4 is 32.0 Å². The Morgan fingerprint density at radius 2 is 1.55 bits per heavy atom. The minimum atomic E-state index is -0.855.